The van der Waals surface area contributed by atoms with Gasteiger partial charge in [-0.3, -0.25) is 9.79 Å². The Morgan fingerprint density at radius 3 is 2.47 bits per heavy atom. The van der Waals surface area contributed by atoms with E-state index in [2.05, 4.69) is 35.4 Å². The molecule has 1 saturated heterocycles. The Kier molecular flexibility index (Phi) is 7.94. The number of hydrogen-bond donors (Lipinski definition) is 2. The maximum Gasteiger partial charge on any atom is 0.225 e. The van der Waals surface area contributed by atoms with Gasteiger partial charge in [-0.15, -0.1) is 0 Å². The number of carbonyl (C=O) groups is 1. The van der Waals surface area contributed by atoms with E-state index < -0.39 is 0 Å². The van der Waals surface area contributed by atoms with E-state index in [1.807, 2.05) is 13.0 Å². The van der Waals surface area contributed by atoms with Crippen LogP contribution >= 0.6 is 0 Å². The molecular weight excluding hydrogens is 385 g/mol. The van der Waals surface area contributed by atoms with Crippen molar-refractivity contribution in [2.45, 2.75) is 13.3 Å². The third-order valence-corrected chi connectivity index (χ3v) is 4.72. The minimum atomic E-state index is -0.304. The predicted octanol–water partition coefficient (Wildman–Crippen LogP) is 1.06. The average molecular weight is 414 g/mol. The molecule has 1 amide bonds. The van der Waals surface area contributed by atoms with Crippen molar-refractivity contribution in [3.05, 3.63) is 54.1 Å². The average Bonchev–Trinajstić information content (AvgIpc) is 2.78. The highest BCUT2D eigenvalue weighted by atomic mass is 19.1. The highest BCUT2D eigenvalue weighted by Gasteiger charge is 2.20. The minimum Gasteiger partial charge on any atom is -0.357 e. The number of piperazine rings is 1. The minimum absolute atomic E-state index is 0.0988. The lowest BCUT2D eigenvalue weighted by Crippen LogP contribution is -2.53. The maximum atomic E-state index is 12.9. The van der Waals surface area contributed by atoms with E-state index in [0.29, 0.717) is 13.1 Å². The molecule has 1 aromatic heterocycles. The highest BCUT2D eigenvalue weighted by Crippen LogP contribution is 2.09. The Labute approximate surface area is 176 Å². The zero-order valence-corrected chi connectivity index (χ0v) is 17.2. The first kappa shape index (κ1) is 21.5. The Hall–Kier alpha value is -3.23. The molecule has 2 N–H and O–H groups in total. The van der Waals surface area contributed by atoms with Crippen LogP contribution in [0.4, 0.5) is 10.3 Å². The van der Waals surface area contributed by atoms with Crippen LogP contribution in [-0.4, -0.2) is 72.5 Å². The number of aromatic nitrogens is 2. The molecule has 3 rings (SSSR count). The van der Waals surface area contributed by atoms with E-state index in [0.717, 1.165) is 50.2 Å². The van der Waals surface area contributed by atoms with Gasteiger partial charge in [0.1, 0.15) is 5.82 Å². The Morgan fingerprint density at radius 2 is 1.80 bits per heavy atom. The molecule has 2 heterocycles. The number of hydrogen-bond acceptors (Lipinski definition) is 5. The fourth-order valence-corrected chi connectivity index (χ4v) is 3.21. The molecule has 0 aliphatic carbocycles. The molecule has 1 aromatic carbocycles. The van der Waals surface area contributed by atoms with Gasteiger partial charge in [0, 0.05) is 51.7 Å². The molecule has 8 nitrogen and oxygen atoms in total. The van der Waals surface area contributed by atoms with E-state index in [1.54, 1.807) is 24.5 Å². The van der Waals surface area contributed by atoms with Crippen molar-refractivity contribution < 1.29 is 9.18 Å². The number of guanidine groups is 1. The summed E-state index contributed by atoms with van der Waals surface area (Å²) in [5.74, 6) is 1.20. The van der Waals surface area contributed by atoms with Gasteiger partial charge in [0.05, 0.1) is 13.0 Å². The van der Waals surface area contributed by atoms with Crippen molar-refractivity contribution in [3.63, 3.8) is 0 Å². The first-order chi connectivity index (χ1) is 14.7. The van der Waals surface area contributed by atoms with Gasteiger partial charge in [0.2, 0.25) is 11.9 Å². The van der Waals surface area contributed by atoms with E-state index in [1.165, 1.54) is 12.1 Å². The van der Waals surface area contributed by atoms with Crippen molar-refractivity contribution in [2.75, 3.05) is 50.7 Å². The summed E-state index contributed by atoms with van der Waals surface area (Å²) < 4.78 is 12.9. The molecule has 9 heteroatoms. The zero-order chi connectivity index (χ0) is 21.2. The van der Waals surface area contributed by atoms with Gasteiger partial charge in [0.25, 0.3) is 0 Å². The molecule has 1 aliphatic rings. The number of amides is 1. The van der Waals surface area contributed by atoms with Crippen molar-refractivity contribution in [2.24, 2.45) is 4.99 Å². The summed E-state index contributed by atoms with van der Waals surface area (Å²) in [4.78, 5) is 29.7. The SMILES string of the molecule is CCNC(=NCCNC(=O)Cc1ccc(F)cc1)N1CCN(c2ncccn2)CC1. The Bertz CT molecular complexity index is 821. The number of benzene rings is 1. The largest absolute Gasteiger partial charge is 0.357 e. The Balaban J connectivity index is 1.44. The molecule has 30 heavy (non-hydrogen) atoms. The topological polar surface area (TPSA) is 85.8 Å². The first-order valence-corrected chi connectivity index (χ1v) is 10.2. The van der Waals surface area contributed by atoms with Crippen LogP contribution in [0.2, 0.25) is 0 Å². The summed E-state index contributed by atoms with van der Waals surface area (Å²) in [6.45, 7) is 7.03. The molecule has 0 saturated carbocycles. The summed E-state index contributed by atoms with van der Waals surface area (Å²) >= 11 is 0. The summed E-state index contributed by atoms with van der Waals surface area (Å²) in [6, 6.07) is 7.78. The normalized spacial score (nSPS) is 14.5. The van der Waals surface area contributed by atoms with Gasteiger partial charge in [-0.1, -0.05) is 12.1 Å². The summed E-state index contributed by atoms with van der Waals surface area (Å²) in [5, 5.41) is 6.18. The quantitative estimate of drug-likeness (QED) is 0.401. The lowest BCUT2D eigenvalue weighted by molar-refractivity contribution is -0.120. The second kappa shape index (κ2) is 11.1. The van der Waals surface area contributed by atoms with Crippen molar-refractivity contribution in [1.29, 1.82) is 0 Å². The molecule has 1 fully saturated rings. The standard InChI is InChI=1S/C21H28FN7O/c1-2-23-20(28-12-14-29(15-13-28)21-25-8-3-9-26-21)27-11-10-24-19(30)16-17-4-6-18(22)7-5-17/h3-9H,2,10-16H2,1H3,(H,23,27)(H,24,30). The zero-order valence-electron chi connectivity index (χ0n) is 17.2. The maximum absolute atomic E-state index is 12.9. The van der Waals surface area contributed by atoms with E-state index in [4.69, 9.17) is 0 Å². The number of aliphatic imine (C=N–C) groups is 1. The lowest BCUT2D eigenvalue weighted by atomic mass is 10.1. The number of nitrogens with one attached hydrogen (secondary N) is 2. The van der Waals surface area contributed by atoms with Crippen LogP contribution in [0.15, 0.2) is 47.7 Å². The predicted molar refractivity (Wildman–Crippen MR) is 115 cm³/mol. The fourth-order valence-electron chi connectivity index (χ4n) is 3.21. The van der Waals surface area contributed by atoms with Crippen LogP contribution in [0, 0.1) is 5.82 Å². The van der Waals surface area contributed by atoms with E-state index in [-0.39, 0.29) is 18.1 Å². The monoisotopic (exact) mass is 413 g/mol. The van der Waals surface area contributed by atoms with Gasteiger partial charge >= 0.3 is 0 Å². The van der Waals surface area contributed by atoms with Crippen molar-refractivity contribution in [1.82, 2.24) is 25.5 Å². The van der Waals surface area contributed by atoms with Gasteiger partial charge < -0.3 is 20.4 Å². The van der Waals surface area contributed by atoms with Crippen LogP contribution in [0.5, 0.6) is 0 Å². The molecule has 0 radical (unpaired) electrons. The smallest absolute Gasteiger partial charge is 0.225 e. The number of anilines is 1. The molecular formula is C21H28FN7O. The molecule has 0 atom stereocenters. The van der Waals surface area contributed by atoms with Crippen LogP contribution in [0.1, 0.15) is 12.5 Å². The van der Waals surface area contributed by atoms with Gasteiger partial charge in [0.15, 0.2) is 5.96 Å². The molecule has 0 spiro atoms. The van der Waals surface area contributed by atoms with E-state index in [9.17, 15) is 9.18 Å². The van der Waals surface area contributed by atoms with Crippen LogP contribution in [-0.2, 0) is 11.2 Å². The van der Waals surface area contributed by atoms with Gasteiger partial charge in [-0.05, 0) is 30.7 Å². The highest BCUT2D eigenvalue weighted by molar-refractivity contribution is 5.80. The molecule has 0 bridgehead atoms. The van der Waals surface area contributed by atoms with E-state index >= 15 is 0 Å². The first-order valence-electron chi connectivity index (χ1n) is 10.2. The van der Waals surface area contributed by atoms with Gasteiger partial charge in [-0.25, -0.2) is 14.4 Å². The fraction of sp³-hybridized carbons (Fsp3) is 0.429. The second-order valence-electron chi connectivity index (χ2n) is 6.91. The Morgan fingerprint density at radius 1 is 1.10 bits per heavy atom. The third-order valence-electron chi connectivity index (χ3n) is 4.72. The number of halogens is 1. The van der Waals surface area contributed by atoms with Gasteiger partial charge in [-0.2, -0.15) is 0 Å². The second-order valence-corrected chi connectivity index (χ2v) is 6.91. The molecule has 1 aliphatic heterocycles. The summed E-state index contributed by atoms with van der Waals surface area (Å²) in [5.41, 5.74) is 0.783. The number of nitrogens with zero attached hydrogens (tertiary/aromatic N) is 5. The molecule has 160 valence electrons. The van der Waals surface area contributed by atoms with Crippen molar-refractivity contribution >= 4 is 17.8 Å². The summed E-state index contributed by atoms with van der Waals surface area (Å²) in [7, 11) is 0. The lowest BCUT2D eigenvalue weighted by Gasteiger charge is -2.36. The van der Waals surface area contributed by atoms with Crippen LogP contribution in [0.25, 0.3) is 0 Å². The summed E-state index contributed by atoms with van der Waals surface area (Å²) in [6.07, 6.45) is 3.74. The number of carbonyl (C=O) groups excluding carboxylic acids is 1. The van der Waals surface area contributed by atoms with Crippen LogP contribution in [0.3, 0.4) is 0 Å². The van der Waals surface area contributed by atoms with Crippen LogP contribution < -0.4 is 15.5 Å². The van der Waals surface area contributed by atoms with Crippen molar-refractivity contribution in [3.8, 4) is 0 Å². The molecule has 2 aromatic rings. The number of rotatable bonds is 7. The molecule has 0 unspecified atom stereocenters. The third kappa shape index (κ3) is 6.40.